The number of benzene rings is 1. The van der Waals surface area contributed by atoms with Crippen molar-refractivity contribution in [3.63, 3.8) is 0 Å². The lowest BCUT2D eigenvalue weighted by Gasteiger charge is -2.19. The van der Waals surface area contributed by atoms with E-state index < -0.39 is 34.9 Å². The van der Waals surface area contributed by atoms with Gasteiger partial charge in [-0.3, -0.25) is 20.2 Å². The topological polar surface area (TPSA) is 154 Å². The van der Waals surface area contributed by atoms with Crippen LogP contribution in [0, 0.1) is 16.0 Å². The fraction of sp³-hybridized carbons (Fsp3) is 0.357. The molecule has 4 N–H and O–H groups in total. The lowest BCUT2D eigenvalue weighted by Crippen LogP contribution is -2.45. The van der Waals surface area contributed by atoms with Crippen molar-refractivity contribution in [1.29, 1.82) is 0 Å². The number of nitro groups is 1. The Morgan fingerprint density at radius 3 is 2.38 bits per heavy atom. The molecule has 10 nitrogen and oxygen atoms in total. The highest BCUT2D eigenvalue weighted by Gasteiger charge is 2.28. The molecule has 1 unspecified atom stereocenters. The van der Waals surface area contributed by atoms with Gasteiger partial charge >= 0.3 is 12.0 Å². The number of hydrogen-bond acceptors (Lipinski definition) is 7. The molecular weight excluding hydrogens is 320 g/mol. The summed E-state index contributed by atoms with van der Waals surface area (Å²) in [5.74, 6) is -2.24. The Bertz CT molecular complexity index is 673. The third-order valence-corrected chi connectivity index (χ3v) is 3.04. The molecule has 0 aliphatic heterocycles. The molecule has 1 aromatic carbocycles. The zero-order valence-electron chi connectivity index (χ0n) is 13.4. The molecule has 0 saturated carbocycles. The van der Waals surface area contributed by atoms with Crippen LogP contribution >= 0.6 is 0 Å². The fourth-order valence-corrected chi connectivity index (χ4v) is 1.89. The molecule has 0 spiro atoms. The van der Waals surface area contributed by atoms with Crippen molar-refractivity contribution >= 4 is 29.3 Å². The Hall–Kier alpha value is -3.17. The summed E-state index contributed by atoms with van der Waals surface area (Å²) in [4.78, 5) is 45.1. The molecule has 1 rings (SSSR count). The van der Waals surface area contributed by atoms with E-state index in [0.717, 1.165) is 6.07 Å². The third kappa shape index (κ3) is 4.66. The number of amides is 3. The van der Waals surface area contributed by atoms with Gasteiger partial charge in [0, 0.05) is 13.1 Å². The van der Waals surface area contributed by atoms with Crippen LogP contribution in [0.5, 0.6) is 0 Å². The van der Waals surface area contributed by atoms with Gasteiger partial charge in [-0.05, 0) is 18.1 Å². The number of nitrogens with zero attached hydrogens (tertiary/aromatic N) is 1. The Morgan fingerprint density at radius 2 is 1.92 bits per heavy atom. The van der Waals surface area contributed by atoms with Gasteiger partial charge in [0.1, 0.15) is 5.69 Å². The van der Waals surface area contributed by atoms with Crippen molar-refractivity contribution in [2.75, 3.05) is 12.4 Å². The number of nitrogens with two attached hydrogens (primary N) is 1. The van der Waals surface area contributed by atoms with Gasteiger partial charge in [-0.1, -0.05) is 13.8 Å². The van der Waals surface area contributed by atoms with Gasteiger partial charge in [-0.25, -0.2) is 9.59 Å². The standard InChI is InChI=1S/C14H18N4O6/c1-7(2)11(12(19)17-14(15)21)24-13(20)8-4-5-9(16-3)10(6-8)18(22)23/h4-7,11,16H,1-3H3,(H3,15,17,19,21). The van der Waals surface area contributed by atoms with E-state index in [1.807, 2.05) is 5.32 Å². The molecule has 0 bridgehead atoms. The molecule has 0 heterocycles. The number of primary amides is 1. The molecule has 130 valence electrons. The molecule has 1 atom stereocenters. The van der Waals surface area contributed by atoms with Crippen LogP contribution in [0.3, 0.4) is 0 Å². The highest BCUT2D eigenvalue weighted by atomic mass is 16.6. The van der Waals surface area contributed by atoms with E-state index in [4.69, 9.17) is 10.5 Å². The van der Waals surface area contributed by atoms with Gasteiger partial charge in [0.05, 0.1) is 10.5 Å². The number of ether oxygens (including phenoxy) is 1. The normalized spacial score (nSPS) is 11.5. The summed E-state index contributed by atoms with van der Waals surface area (Å²) in [7, 11) is 1.50. The lowest BCUT2D eigenvalue weighted by atomic mass is 10.1. The summed E-state index contributed by atoms with van der Waals surface area (Å²) in [5, 5.41) is 15.5. The molecular formula is C14H18N4O6. The highest BCUT2D eigenvalue weighted by molar-refractivity contribution is 5.98. The van der Waals surface area contributed by atoms with Crippen molar-refractivity contribution in [1.82, 2.24) is 5.32 Å². The second-order valence-electron chi connectivity index (χ2n) is 5.16. The summed E-state index contributed by atoms with van der Waals surface area (Å²) in [6.07, 6.45) is -1.27. The van der Waals surface area contributed by atoms with E-state index >= 15 is 0 Å². The smallest absolute Gasteiger partial charge is 0.339 e. The first-order valence-electron chi connectivity index (χ1n) is 6.94. The minimum atomic E-state index is -1.27. The molecule has 0 radical (unpaired) electrons. The summed E-state index contributed by atoms with van der Waals surface area (Å²) >= 11 is 0. The Morgan fingerprint density at radius 1 is 1.29 bits per heavy atom. The monoisotopic (exact) mass is 338 g/mol. The van der Waals surface area contributed by atoms with Crippen molar-refractivity contribution in [2.24, 2.45) is 11.7 Å². The number of imide groups is 1. The Kier molecular flexibility index (Phi) is 6.22. The van der Waals surface area contributed by atoms with Crippen LogP contribution < -0.4 is 16.4 Å². The summed E-state index contributed by atoms with van der Waals surface area (Å²) in [5.41, 5.74) is 4.68. The maximum Gasteiger partial charge on any atom is 0.339 e. The molecule has 0 aliphatic rings. The number of hydrogen-bond donors (Lipinski definition) is 3. The molecule has 3 amide bonds. The number of anilines is 1. The molecule has 0 saturated heterocycles. The van der Waals surface area contributed by atoms with Gasteiger partial charge < -0.3 is 15.8 Å². The molecule has 0 aliphatic carbocycles. The molecule has 0 fully saturated rings. The van der Waals surface area contributed by atoms with E-state index in [2.05, 4.69) is 5.32 Å². The highest BCUT2D eigenvalue weighted by Crippen LogP contribution is 2.25. The molecule has 10 heteroatoms. The maximum absolute atomic E-state index is 12.2. The SMILES string of the molecule is CNc1ccc(C(=O)OC(C(=O)NC(N)=O)C(C)C)cc1[N+](=O)[O-]. The second kappa shape index (κ2) is 7.90. The maximum atomic E-state index is 12.2. The van der Waals surface area contributed by atoms with E-state index in [0.29, 0.717) is 0 Å². The van der Waals surface area contributed by atoms with Crippen LogP contribution in [0.2, 0.25) is 0 Å². The Balaban J connectivity index is 3.04. The number of urea groups is 1. The largest absolute Gasteiger partial charge is 0.448 e. The zero-order valence-corrected chi connectivity index (χ0v) is 13.4. The summed E-state index contributed by atoms with van der Waals surface area (Å²) in [6, 6.07) is 2.64. The minimum Gasteiger partial charge on any atom is -0.448 e. The summed E-state index contributed by atoms with van der Waals surface area (Å²) in [6.45, 7) is 3.20. The van der Waals surface area contributed by atoms with Gasteiger partial charge in [0.2, 0.25) is 0 Å². The van der Waals surface area contributed by atoms with Crippen LogP contribution in [0.1, 0.15) is 24.2 Å². The predicted molar refractivity (Wildman–Crippen MR) is 84.4 cm³/mol. The van der Waals surface area contributed by atoms with E-state index in [-0.39, 0.29) is 16.9 Å². The van der Waals surface area contributed by atoms with Crippen LogP contribution in [-0.2, 0) is 9.53 Å². The number of nitrogens with one attached hydrogen (secondary N) is 2. The first-order valence-corrected chi connectivity index (χ1v) is 6.94. The summed E-state index contributed by atoms with van der Waals surface area (Å²) < 4.78 is 5.07. The van der Waals surface area contributed by atoms with Crippen molar-refractivity contribution in [2.45, 2.75) is 20.0 Å². The van der Waals surface area contributed by atoms with Crippen LogP contribution in [0.4, 0.5) is 16.2 Å². The van der Waals surface area contributed by atoms with Gasteiger partial charge in [-0.15, -0.1) is 0 Å². The molecule has 1 aromatic rings. The van der Waals surface area contributed by atoms with Crippen LogP contribution in [0.15, 0.2) is 18.2 Å². The van der Waals surface area contributed by atoms with Gasteiger partial charge in [0.25, 0.3) is 11.6 Å². The number of esters is 1. The number of rotatable bonds is 6. The second-order valence-corrected chi connectivity index (χ2v) is 5.16. The average Bonchev–Trinajstić information content (AvgIpc) is 2.50. The third-order valence-electron chi connectivity index (χ3n) is 3.04. The average molecular weight is 338 g/mol. The quantitative estimate of drug-likeness (QED) is 0.397. The van der Waals surface area contributed by atoms with Crippen LogP contribution in [-0.4, -0.2) is 36.0 Å². The van der Waals surface area contributed by atoms with Crippen molar-refractivity contribution < 1.29 is 24.0 Å². The lowest BCUT2D eigenvalue weighted by molar-refractivity contribution is -0.384. The first kappa shape index (κ1) is 18.9. The number of nitro benzene ring substituents is 1. The van der Waals surface area contributed by atoms with E-state index in [1.165, 1.54) is 19.2 Å². The number of carbonyl (C=O) groups is 3. The number of carbonyl (C=O) groups excluding carboxylic acids is 3. The van der Waals surface area contributed by atoms with Crippen LogP contribution in [0.25, 0.3) is 0 Å². The predicted octanol–water partition coefficient (Wildman–Crippen LogP) is 1.01. The van der Waals surface area contributed by atoms with Crippen molar-refractivity contribution in [3.05, 3.63) is 33.9 Å². The molecule has 0 aromatic heterocycles. The Labute approximate surface area is 137 Å². The van der Waals surface area contributed by atoms with Gasteiger partial charge in [0.15, 0.2) is 6.10 Å². The molecule has 24 heavy (non-hydrogen) atoms. The van der Waals surface area contributed by atoms with Crippen molar-refractivity contribution in [3.8, 4) is 0 Å². The minimum absolute atomic E-state index is 0.0989. The first-order chi connectivity index (χ1) is 11.2. The van der Waals surface area contributed by atoms with E-state index in [9.17, 15) is 24.5 Å². The zero-order chi connectivity index (χ0) is 18.4. The van der Waals surface area contributed by atoms with Gasteiger partial charge in [-0.2, -0.15) is 0 Å². The van der Waals surface area contributed by atoms with E-state index in [1.54, 1.807) is 13.8 Å². The fourth-order valence-electron chi connectivity index (χ4n) is 1.89.